The summed E-state index contributed by atoms with van der Waals surface area (Å²) < 4.78 is 10.6. The van der Waals surface area contributed by atoms with E-state index in [2.05, 4.69) is 18.0 Å². The number of aromatic amines is 1. The fraction of sp³-hybridized carbons (Fsp3) is 0.429. The van der Waals surface area contributed by atoms with Crippen molar-refractivity contribution in [2.24, 2.45) is 0 Å². The number of nitrogens with one attached hydrogen (secondary N) is 1. The highest BCUT2D eigenvalue weighted by Crippen LogP contribution is 2.32. The van der Waals surface area contributed by atoms with Gasteiger partial charge in [-0.3, -0.25) is 0 Å². The van der Waals surface area contributed by atoms with Crippen molar-refractivity contribution < 1.29 is 9.47 Å². The van der Waals surface area contributed by atoms with Gasteiger partial charge in [0.05, 0.1) is 14.2 Å². The molecule has 0 bridgehead atoms. The van der Waals surface area contributed by atoms with Gasteiger partial charge in [0.15, 0.2) is 11.5 Å². The number of H-pyrrole nitrogens is 1. The number of aryl methyl sites for hydroxylation is 1. The molecule has 3 heteroatoms. The number of hydrogen-bond acceptors (Lipinski definition) is 2. The Morgan fingerprint density at radius 1 is 1.06 bits per heavy atom. The lowest BCUT2D eigenvalue weighted by Crippen LogP contribution is -1.89. The molecule has 1 heterocycles. The van der Waals surface area contributed by atoms with Crippen LogP contribution in [0.4, 0.5) is 0 Å². The first-order valence-corrected chi connectivity index (χ1v) is 6.02. The predicted molar refractivity (Wildman–Crippen MR) is 70.0 cm³/mol. The summed E-state index contributed by atoms with van der Waals surface area (Å²) in [6.45, 7) is 2.20. The Balaban J connectivity index is 2.39. The van der Waals surface area contributed by atoms with Crippen LogP contribution in [0.5, 0.6) is 11.5 Å². The molecule has 0 unspecified atom stereocenters. The Morgan fingerprint density at radius 2 is 1.76 bits per heavy atom. The van der Waals surface area contributed by atoms with Crippen molar-refractivity contribution in [2.45, 2.75) is 26.2 Å². The molecule has 0 atom stereocenters. The summed E-state index contributed by atoms with van der Waals surface area (Å²) in [5.74, 6) is 1.55. The summed E-state index contributed by atoms with van der Waals surface area (Å²) in [5, 5.41) is 1.17. The highest BCUT2D eigenvalue weighted by molar-refractivity contribution is 5.84. The Labute approximate surface area is 102 Å². The normalized spacial score (nSPS) is 10.8. The van der Waals surface area contributed by atoms with Crippen LogP contribution in [0.2, 0.25) is 0 Å². The number of hydrogen-bond donors (Lipinski definition) is 1. The van der Waals surface area contributed by atoms with Gasteiger partial charge in [0.1, 0.15) is 0 Å². The molecule has 1 aromatic carbocycles. The minimum absolute atomic E-state index is 0.767. The summed E-state index contributed by atoms with van der Waals surface area (Å²) in [6.07, 6.45) is 3.51. The molecule has 1 N–H and O–H groups in total. The number of methoxy groups -OCH3 is 2. The summed E-state index contributed by atoms with van der Waals surface area (Å²) in [4.78, 5) is 3.42. The highest BCUT2D eigenvalue weighted by Gasteiger charge is 2.08. The van der Waals surface area contributed by atoms with Crippen molar-refractivity contribution in [3.8, 4) is 11.5 Å². The topological polar surface area (TPSA) is 34.2 Å². The smallest absolute Gasteiger partial charge is 0.162 e. The van der Waals surface area contributed by atoms with Gasteiger partial charge in [0.2, 0.25) is 0 Å². The monoisotopic (exact) mass is 233 g/mol. The SMILES string of the molecule is CCCCc1cc2cc(OC)c(OC)cc2[nH]1. The van der Waals surface area contributed by atoms with Crippen LogP contribution in [-0.4, -0.2) is 19.2 Å². The second-order valence-electron chi connectivity index (χ2n) is 4.19. The first kappa shape index (κ1) is 11.8. The molecule has 17 heavy (non-hydrogen) atoms. The second-order valence-corrected chi connectivity index (χ2v) is 4.19. The van der Waals surface area contributed by atoms with Crippen molar-refractivity contribution in [3.63, 3.8) is 0 Å². The molecule has 0 saturated carbocycles. The van der Waals surface area contributed by atoms with Gasteiger partial charge in [-0.05, 0) is 25.0 Å². The van der Waals surface area contributed by atoms with Crippen molar-refractivity contribution in [3.05, 3.63) is 23.9 Å². The highest BCUT2D eigenvalue weighted by atomic mass is 16.5. The Morgan fingerprint density at radius 3 is 2.41 bits per heavy atom. The van der Waals surface area contributed by atoms with E-state index in [1.54, 1.807) is 14.2 Å². The van der Waals surface area contributed by atoms with Gasteiger partial charge in [-0.15, -0.1) is 0 Å². The Hall–Kier alpha value is -1.64. The molecule has 0 spiro atoms. The van der Waals surface area contributed by atoms with E-state index in [1.165, 1.54) is 23.9 Å². The van der Waals surface area contributed by atoms with Gasteiger partial charge < -0.3 is 14.5 Å². The molecule has 2 aromatic rings. The van der Waals surface area contributed by atoms with Crippen LogP contribution in [0, 0.1) is 0 Å². The van der Waals surface area contributed by atoms with Crippen LogP contribution in [0.1, 0.15) is 25.5 Å². The fourth-order valence-corrected chi connectivity index (χ4v) is 2.02. The number of aromatic nitrogens is 1. The standard InChI is InChI=1S/C14H19NO2/c1-4-5-6-11-7-10-8-13(16-2)14(17-3)9-12(10)15-11/h7-9,15H,4-6H2,1-3H3. The maximum absolute atomic E-state index is 5.30. The van der Waals surface area contributed by atoms with Crippen LogP contribution in [0.25, 0.3) is 10.9 Å². The predicted octanol–water partition coefficient (Wildman–Crippen LogP) is 3.53. The van der Waals surface area contributed by atoms with Crippen molar-refractivity contribution in [1.29, 1.82) is 0 Å². The quantitative estimate of drug-likeness (QED) is 0.857. The van der Waals surface area contributed by atoms with Gasteiger partial charge in [-0.1, -0.05) is 13.3 Å². The first-order chi connectivity index (χ1) is 8.28. The fourth-order valence-electron chi connectivity index (χ4n) is 2.02. The van der Waals surface area contributed by atoms with E-state index < -0.39 is 0 Å². The molecule has 0 aliphatic heterocycles. The van der Waals surface area contributed by atoms with Crippen LogP contribution in [-0.2, 0) is 6.42 Å². The van der Waals surface area contributed by atoms with Crippen LogP contribution in [0.3, 0.4) is 0 Å². The third-order valence-corrected chi connectivity index (χ3v) is 2.98. The van der Waals surface area contributed by atoms with Gasteiger partial charge in [-0.25, -0.2) is 0 Å². The zero-order chi connectivity index (χ0) is 12.3. The molecule has 0 aliphatic rings. The van der Waals surface area contributed by atoms with Crippen molar-refractivity contribution >= 4 is 10.9 Å². The summed E-state index contributed by atoms with van der Waals surface area (Å²) in [7, 11) is 3.32. The third-order valence-electron chi connectivity index (χ3n) is 2.98. The zero-order valence-electron chi connectivity index (χ0n) is 10.7. The summed E-state index contributed by atoms with van der Waals surface area (Å²) in [5.41, 5.74) is 2.38. The molecule has 92 valence electrons. The maximum Gasteiger partial charge on any atom is 0.162 e. The molecule has 2 rings (SSSR count). The summed E-state index contributed by atoms with van der Waals surface area (Å²) >= 11 is 0. The number of unbranched alkanes of at least 4 members (excludes halogenated alkanes) is 1. The minimum Gasteiger partial charge on any atom is -0.493 e. The van der Waals surface area contributed by atoms with E-state index in [-0.39, 0.29) is 0 Å². The number of ether oxygens (including phenoxy) is 2. The van der Waals surface area contributed by atoms with Crippen LogP contribution < -0.4 is 9.47 Å². The van der Waals surface area contributed by atoms with E-state index in [9.17, 15) is 0 Å². The molecule has 0 amide bonds. The maximum atomic E-state index is 5.30. The minimum atomic E-state index is 0.767. The van der Waals surface area contributed by atoms with Gasteiger partial charge in [-0.2, -0.15) is 0 Å². The Kier molecular flexibility index (Phi) is 3.57. The molecule has 0 radical (unpaired) electrons. The number of rotatable bonds is 5. The second kappa shape index (κ2) is 5.13. The van der Waals surface area contributed by atoms with Gasteiger partial charge in [0.25, 0.3) is 0 Å². The van der Waals surface area contributed by atoms with Crippen molar-refractivity contribution in [2.75, 3.05) is 14.2 Å². The van der Waals surface area contributed by atoms with Gasteiger partial charge >= 0.3 is 0 Å². The lowest BCUT2D eigenvalue weighted by Gasteiger charge is -2.06. The molecule has 0 aliphatic carbocycles. The van der Waals surface area contributed by atoms with Gasteiger partial charge in [0, 0.05) is 22.7 Å². The van der Waals surface area contributed by atoms with E-state index in [0.29, 0.717) is 0 Å². The van der Waals surface area contributed by atoms with E-state index in [4.69, 9.17) is 9.47 Å². The molecule has 0 saturated heterocycles. The average Bonchev–Trinajstić information content (AvgIpc) is 2.76. The lowest BCUT2D eigenvalue weighted by molar-refractivity contribution is 0.356. The lowest BCUT2D eigenvalue weighted by atomic mass is 10.2. The molecule has 1 aromatic heterocycles. The largest absolute Gasteiger partial charge is 0.493 e. The zero-order valence-corrected chi connectivity index (χ0v) is 10.7. The van der Waals surface area contributed by atoms with E-state index in [1.807, 2.05) is 12.1 Å². The van der Waals surface area contributed by atoms with E-state index >= 15 is 0 Å². The van der Waals surface area contributed by atoms with Crippen LogP contribution in [0.15, 0.2) is 18.2 Å². The first-order valence-electron chi connectivity index (χ1n) is 6.02. The molecular formula is C14H19NO2. The Bertz CT molecular complexity index is 461. The van der Waals surface area contributed by atoms with E-state index in [0.717, 1.165) is 23.4 Å². The molecular weight excluding hydrogens is 214 g/mol. The number of fused-ring (bicyclic) bond motifs is 1. The molecule has 3 nitrogen and oxygen atoms in total. The average molecular weight is 233 g/mol. The van der Waals surface area contributed by atoms with Crippen LogP contribution >= 0.6 is 0 Å². The molecule has 0 fully saturated rings. The summed E-state index contributed by atoms with van der Waals surface area (Å²) in [6, 6.07) is 6.19. The van der Waals surface area contributed by atoms with Crippen molar-refractivity contribution in [1.82, 2.24) is 4.98 Å². The third kappa shape index (κ3) is 2.38. The number of benzene rings is 1.